The van der Waals surface area contributed by atoms with Gasteiger partial charge in [-0.05, 0) is 6.42 Å². The van der Waals surface area contributed by atoms with Crippen molar-refractivity contribution in [2.45, 2.75) is 36.8 Å². The van der Waals surface area contributed by atoms with E-state index in [1.165, 1.54) is 0 Å². The summed E-state index contributed by atoms with van der Waals surface area (Å²) in [5.74, 6) is 0. The number of nitrogens with zero attached hydrogens (tertiary/aromatic N) is 1. The Kier molecular flexibility index (Phi) is 4.35. The number of rotatable bonds is 4. The minimum atomic E-state index is -0.888. The van der Waals surface area contributed by atoms with Crippen LogP contribution in [0.1, 0.15) is 6.42 Å². The Morgan fingerprint density at radius 2 is 2.06 bits per heavy atom. The molecule has 0 radical (unpaired) electrons. The van der Waals surface area contributed by atoms with Crippen LogP contribution in [0, 0.1) is 0 Å². The lowest BCUT2D eigenvalue weighted by atomic mass is 9.91. The quantitative estimate of drug-likeness (QED) is 0.420. The molecule has 0 aliphatic carbocycles. The lowest BCUT2D eigenvalue weighted by Gasteiger charge is -2.43. The second-order valence-corrected chi connectivity index (χ2v) is 4.88. The number of aliphatic hydroxyl groups is 3. The molecule has 6 heteroatoms. The van der Waals surface area contributed by atoms with Crippen molar-refractivity contribution in [1.29, 1.82) is 0 Å². The van der Waals surface area contributed by atoms with Crippen LogP contribution in [0.2, 0.25) is 0 Å². The van der Waals surface area contributed by atoms with Crippen molar-refractivity contribution in [1.82, 2.24) is 10.2 Å². The van der Waals surface area contributed by atoms with Gasteiger partial charge in [-0.3, -0.25) is 4.90 Å². The first kappa shape index (κ1) is 13.2. The molecule has 2 saturated heterocycles. The molecule has 5 atom stereocenters. The maximum absolute atomic E-state index is 10.0. The third kappa shape index (κ3) is 2.62. The molecule has 2 heterocycles. The first-order valence-electron chi connectivity index (χ1n) is 6.15. The monoisotopic (exact) mass is 246 g/mol. The van der Waals surface area contributed by atoms with Gasteiger partial charge >= 0.3 is 0 Å². The van der Waals surface area contributed by atoms with Crippen molar-refractivity contribution < 1.29 is 20.1 Å². The summed E-state index contributed by atoms with van der Waals surface area (Å²) in [4.78, 5) is 2.05. The van der Waals surface area contributed by atoms with Gasteiger partial charge in [0.25, 0.3) is 0 Å². The van der Waals surface area contributed by atoms with Crippen LogP contribution in [-0.2, 0) is 4.74 Å². The molecule has 17 heavy (non-hydrogen) atoms. The molecule has 2 rings (SSSR count). The number of fused-ring (bicyclic) bond motifs is 1. The maximum atomic E-state index is 10.0. The van der Waals surface area contributed by atoms with E-state index in [0.29, 0.717) is 26.1 Å². The molecule has 100 valence electrons. The summed E-state index contributed by atoms with van der Waals surface area (Å²) in [5, 5.41) is 33.0. The van der Waals surface area contributed by atoms with Crippen molar-refractivity contribution in [2.24, 2.45) is 0 Å². The zero-order valence-electron chi connectivity index (χ0n) is 10.1. The van der Waals surface area contributed by atoms with Crippen LogP contribution >= 0.6 is 0 Å². The molecule has 0 aromatic heterocycles. The minimum absolute atomic E-state index is 0.165. The Labute approximate surface area is 101 Å². The highest BCUT2D eigenvalue weighted by Gasteiger charge is 2.47. The maximum Gasteiger partial charge on any atom is 0.0994 e. The molecule has 6 nitrogen and oxygen atoms in total. The average molecular weight is 246 g/mol. The summed E-state index contributed by atoms with van der Waals surface area (Å²) in [7, 11) is 1.63. The molecule has 0 aromatic carbocycles. The van der Waals surface area contributed by atoms with Gasteiger partial charge in [-0.1, -0.05) is 0 Å². The van der Waals surface area contributed by atoms with Crippen molar-refractivity contribution in [3.05, 3.63) is 0 Å². The summed E-state index contributed by atoms with van der Waals surface area (Å²) in [6.45, 7) is 2.65. The molecule has 2 aliphatic rings. The van der Waals surface area contributed by atoms with Gasteiger partial charge in [0.05, 0.1) is 31.0 Å². The summed E-state index contributed by atoms with van der Waals surface area (Å²) in [5.41, 5.74) is 0. The van der Waals surface area contributed by atoms with Gasteiger partial charge in [-0.2, -0.15) is 0 Å². The van der Waals surface area contributed by atoms with Crippen LogP contribution in [0.25, 0.3) is 0 Å². The Hall–Kier alpha value is -0.240. The van der Waals surface area contributed by atoms with Gasteiger partial charge < -0.3 is 25.4 Å². The van der Waals surface area contributed by atoms with E-state index in [1.54, 1.807) is 7.11 Å². The average Bonchev–Trinajstić information content (AvgIpc) is 2.67. The number of hydrogen-bond donors (Lipinski definition) is 4. The number of aliphatic hydroxyl groups excluding tert-OH is 3. The molecular weight excluding hydrogens is 224 g/mol. The number of ether oxygens (including phenoxy) is 1. The summed E-state index contributed by atoms with van der Waals surface area (Å²) < 4.78 is 4.94. The minimum Gasteiger partial charge on any atom is -0.391 e. The predicted octanol–water partition coefficient (Wildman–Crippen LogP) is -2.24. The lowest BCUT2D eigenvalue weighted by Crippen LogP contribution is -2.65. The van der Waals surface area contributed by atoms with Crippen LogP contribution in [0.3, 0.4) is 0 Å². The van der Waals surface area contributed by atoms with E-state index in [-0.39, 0.29) is 12.1 Å². The SMILES string of the molecule is COCCN[C@H]1CN2CC[C@H](O)C2[C@@H](O)[C@@H]1O. The predicted molar refractivity (Wildman–Crippen MR) is 61.7 cm³/mol. The van der Waals surface area contributed by atoms with Crippen molar-refractivity contribution in [2.75, 3.05) is 33.4 Å². The lowest BCUT2D eigenvalue weighted by molar-refractivity contribution is -0.102. The van der Waals surface area contributed by atoms with Gasteiger partial charge in [0, 0.05) is 32.8 Å². The standard InChI is InChI=1S/C11H22N2O4/c1-17-5-3-12-7-6-13-4-2-8(14)9(13)11(16)10(7)15/h7-12,14-16H,2-6H2,1H3/t7-,8-,9?,10+,11+/m0/s1. The Morgan fingerprint density at radius 3 is 2.76 bits per heavy atom. The fraction of sp³-hybridized carbons (Fsp3) is 1.00. The van der Waals surface area contributed by atoms with E-state index in [4.69, 9.17) is 4.74 Å². The number of hydrogen-bond acceptors (Lipinski definition) is 6. The number of nitrogens with one attached hydrogen (secondary N) is 1. The largest absolute Gasteiger partial charge is 0.391 e. The first-order valence-corrected chi connectivity index (χ1v) is 6.15. The summed E-state index contributed by atoms with van der Waals surface area (Å²) in [6.07, 6.45) is -1.58. The van der Waals surface area contributed by atoms with Crippen LogP contribution in [0.15, 0.2) is 0 Å². The fourth-order valence-corrected chi connectivity index (χ4v) is 2.85. The van der Waals surface area contributed by atoms with E-state index in [2.05, 4.69) is 5.32 Å². The van der Waals surface area contributed by atoms with Gasteiger partial charge in [-0.15, -0.1) is 0 Å². The molecule has 2 fully saturated rings. The van der Waals surface area contributed by atoms with Crippen LogP contribution < -0.4 is 5.32 Å². The van der Waals surface area contributed by atoms with Gasteiger partial charge in [0.2, 0.25) is 0 Å². The third-order valence-electron chi connectivity index (χ3n) is 3.78. The summed E-state index contributed by atoms with van der Waals surface area (Å²) >= 11 is 0. The fourth-order valence-electron chi connectivity index (χ4n) is 2.85. The van der Waals surface area contributed by atoms with E-state index in [1.807, 2.05) is 4.90 Å². The van der Waals surface area contributed by atoms with Crippen LogP contribution in [0.4, 0.5) is 0 Å². The first-order chi connectivity index (χ1) is 8.15. The molecule has 4 N–H and O–H groups in total. The van der Waals surface area contributed by atoms with E-state index in [9.17, 15) is 15.3 Å². The van der Waals surface area contributed by atoms with E-state index in [0.717, 1.165) is 6.54 Å². The molecule has 0 aromatic rings. The zero-order valence-corrected chi connectivity index (χ0v) is 10.1. The van der Waals surface area contributed by atoms with Crippen molar-refractivity contribution >= 4 is 0 Å². The van der Waals surface area contributed by atoms with E-state index >= 15 is 0 Å². The molecule has 0 amide bonds. The van der Waals surface area contributed by atoms with Crippen LogP contribution in [0.5, 0.6) is 0 Å². The second-order valence-electron chi connectivity index (χ2n) is 4.88. The highest BCUT2D eigenvalue weighted by Crippen LogP contribution is 2.28. The van der Waals surface area contributed by atoms with Crippen LogP contribution in [-0.4, -0.2) is 84.0 Å². The third-order valence-corrected chi connectivity index (χ3v) is 3.78. The number of piperidine rings is 1. The highest BCUT2D eigenvalue weighted by molar-refractivity contribution is 5.03. The molecule has 1 unspecified atom stereocenters. The Morgan fingerprint density at radius 1 is 1.29 bits per heavy atom. The number of methoxy groups -OCH3 is 1. The normalized spacial score (nSPS) is 42.7. The molecule has 2 aliphatic heterocycles. The zero-order chi connectivity index (χ0) is 12.4. The van der Waals surface area contributed by atoms with Gasteiger partial charge in [0.1, 0.15) is 0 Å². The Bertz CT molecular complexity index is 254. The highest BCUT2D eigenvalue weighted by atomic mass is 16.5. The summed E-state index contributed by atoms with van der Waals surface area (Å²) in [6, 6.07) is -0.479. The molecule has 0 spiro atoms. The van der Waals surface area contributed by atoms with Crippen molar-refractivity contribution in [3.8, 4) is 0 Å². The second kappa shape index (κ2) is 5.60. The molecule has 0 bridgehead atoms. The van der Waals surface area contributed by atoms with Crippen molar-refractivity contribution in [3.63, 3.8) is 0 Å². The topological polar surface area (TPSA) is 85.2 Å². The molecular formula is C11H22N2O4. The molecule has 0 saturated carbocycles. The smallest absolute Gasteiger partial charge is 0.0994 e. The Balaban J connectivity index is 1.93. The van der Waals surface area contributed by atoms with Gasteiger partial charge in [0.15, 0.2) is 0 Å². The van der Waals surface area contributed by atoms with E-state index < -0.39 is 18.3 Å². The van der Waals surface area contributed by atoms with Gasteiger partial charge in [-0.25, -0.2) is 0 Å².